The number of aliphatic hydroxyl groups is 2. The Hall–Kier alpha value is -0.760. The van der Waals surface area contributed by atoms with Gasteiger partial charge >= 0.3 is 0 Å². The van der Waals surface area contributed by atoms with Crippen LogP contribution in [0.4, 0.5) is 0 Å². The average Bonchev–Trinajstić information content (AvgIpc) is 2.17. The zero-order chi connectivity index (χ0) is 17.0. The molecule has 122 valence electrons. The molecule has 0 saturated heterocycles. The van der Waals surface area contributed by atoms with E-state index in [-0.39, 0.29) is 16.2 Å². The van der Waals surface area contributed by atoms with E-state index < -0.39 is 11.5 Å². The van der Waals surface area contributed by atoms with Crippen LogP contribution in [-0.4, -0.2) is 16.3 Å². The Bertz CT molecular complexity index is 459. The number of hydrogen-bond donors (Lipinski definition) is 2. The Kier molecular flexibility index (Phi) is 4.24. The first kappa shape index (κ1) is 18.3. The lowest BCUT2D eigenvalue weighted by Gasteiger charge is -2.58. The number of rotatable bonds is 0. The molecule has 0 heterocycles. The molecule has 0 radical (unpaired) electrons. The van der Waals surface area contributed by atoms with Crippen molar-refractivity contribution < 1.29 is 10.2 Å². The van der Waals surface area contributed by atoms with Crippen LogP contribution >= 0.6 is 0 Å². The van der Waals surface area contributed by atoms with E-state index >= 15 is 0 Å². The van der Waals surface area contributed by atoms with Crippen molar-refractivity contribution in [1.82, 2.24) is 0 Å². The van der Waals surface area contributed by atoms with E-state index in [0.29, 0.717) is 5.76 Å². The molecule has 0 spiro atoms. The van der Waals surface area contributed by atoms with Crippen LogP contribution in [-0.2, 0) is 0 Å². The normalized spacial score (nSPS) is 24.1. The monoisotopic (exact) mass is 294 g/mol. The van der Waals surface area contributed by atoms with Crippen molar-refractivity contribution in [2.24, 2.45) is 21.7 Å². The van der Waals surface area contributed by atoms with Crippen LogP contribution in [0.25, 0.3) is 0 Å². The minimum Gasteiger partial charge on any atom is -0.508 e. The lowest BCUT2D eigenvalue weighted by atomic mass is 9.47. The van der Waals surface area contributed by atoms with Gasteiger partial charge in [0, 0.05) is 5.41 Å². The zero-order valence-electron chi connectivity index (χ0n) is 15.5. The molecule has 2 N–H and O–H groups in total. The number of allylic oxidation sites excluding steroid dienone is 1. The summed E-state index contributed by atoms with van der Waals surface area (Å²) in [5.41, 5.74) is 0.692. The Morgan fingerprint density at radius 1 is 0.905 bits per heavy atom. The molecule has 2 nitrogen and oxygen atoms in total. The molecule has 0 fully saturated rings. The second-order valence-electron chi connectivity index (χ2n) is 9.59. The smallest absolute Gasteiger partial charge is 0.115 e. The Balaban J connectivity index is 3.76. The summed E-state index contributed by atoms with van der Waals surface area (Å²) in [7, 11) is 0. The van der Waals surface area contributed by atoms with E-state index in [1.807, 2.05) is 13.0 Å². The van der Waals surface area contributed by atoms with Gasteiger partial charge in [-0.1, -0.05) is 62.3 Å². The fourth-order valence-corrected chi connectivity index (χ4v) is 4.32. The largest absolute Gasteiger partial charge is 0.508 e. The van der Waals surface area contributed by atoms with E-state index in [2.05, 4.69) is 62.3 Å². The maximum atomic E-state index is 11.4. The van der Waals surface area contributed by atoms with Gasteiger partial charge in [0.05, 0.1) is 6.10 Å². The summed E-state index contributed by atoms with van der Waals surface area (Å²) >= 11 is 0. The zero-order valence-corrected chi connectivity index (χ0v) is 15.5. The standard InChI is InChI=1S/C19H34O2/c1-12-13(20)11-19(17(5,6)7,18(8,9)10)15(21)14(12)16(2,3)4/h11,15,20-21H,1-10H3. The molecule has 0 aromatic rings. The highest BCUT2D eigenvalue weighted by Gasteiger charge is 2.58. The first-order valence-corrected chi connectivity index (χ1v) is 7.89. The highest BCUT2D eigenvalue weighted by atomic mass is 16.3. The van der Waals surface area contributed by atoms with Gasteiger partial charge in [0.25, 0.3) is 0 Å². The maximum Gasteiger partial charge on any atom is 0.115 e. The molecular formula is C19H34O2. The second kappa shape index (κ2) is 4.87. The van der Waals surface area contributed by atoms with E-state index in [9.17, 15) is 10.2 Å². The average molecular weight is 294 g/mol. The van der Waals surface area contributed by atoms with Crippen LogP contribution in [0.3, 0.4) is 0 Å². The van der Waals surface area contributed by atoms with E-state index in [1.165, 1.54) is 0 Å². The van der Waals surface area contributed by atoms with Gasteiger partial charge in [0.15, 0.2) is 0 Å². The summed E-state index contributed by atoms with van der Waals surface area (Å²) in [6, 6.07) is 0. The molecule has 0 aromatic heterocycles. The van der Waals surface area contributed by atoms with Crippen molar-refractivity contribution >= 4 is 0 Å². The lowest BCUT2D eigenvalue weighted by molar-refractivity contribution is -0.0850. The lowest BCUT2D eigenvalue weighted by Crippen LogP contribution is -2.56. The van der Waals surface area contributed by atoms with Crippen molar-refractivity contribution in [1.29, 1.82) is 0 Å². The molecule has 1 aliphatic rings. The molecule has 0 saturated carbocycles. The Labute approximate surface area is 131 Å². The van der Waals surface area contributed by atoms with E-state index in [1.54, 1.807) is 0 Å². The van der Waals surface area contributed by atoms with Crippen molar-refractivity contribution in [3.05, 3.63) is 23.0 Å². The van der Waals surface area contributed by atoms with Gasteiger partial charge in [-0.2, -0.15) is 0 Å². The fourth-order valence-electron chi connectivity index (χ4n) is 4.32. The quantitative estimate of drug-likeness (QED) is 0.641. The maximum absolute atomic E-state index is 11.4. The summed E-state index contributed by atoms with van der Waals surface area (Å²) in [4.78, 5) is 0. The van der Waals surface area contributed by atoms with Crippen LogP contribution in [0, 0.1) is 21.7 Å². The first-order valence-electron chi connectivity index (χ1n) is 7.89. The Morgan fingerprint density at radius 2 is 1.29 bits per heavy atom. The summed E-state index contributed by atoms with van der Waals surface area (Å²) in [6.07, 6.45) is 1.30. The molecular weight excluding hydrogens is 260 g/mol. The van der Waals surface area contributed by atoms with Gasteiger partial charge in [-0.05, 0) is 40.4 Å². The molecule has 0 bridgehead atoms. The summed E-state index contributed by atoms with van der Waals surface area (Å²) < 4.78 is 0. The highest BCUT2D eigenvalue weighted by Crippen LogP contribution is 2.60. The predicted molar refractivity (Wildman–Crippen MR) is 90.2 cm³/mol. The fraction of sp³-hybridized carbons (Fsp3) is 0.789. The third-order valence-corrected chi connectivity index (χ3v) is 5.15. The van der Waals surface area contributed by atoms with Crippen LogP contribution in [0.15, 0.2) is 23.0 Å². The van der Waals surface area contributed by atoms with Gasteiger partial charge in [-0.3, -0.25) is 0 Å². The van der Waals surface area contributed by atoms with Gasteiger partial charge in [0.1, 0.15) is 5.76 Å². The molecule has 1 rings (SSSR count). The summed E-state index contributed by atoms with van der Waals surface area (Å²) in [6.45, 7) is 21.1. The molecule has 1 unspecified atom stereocenters. The minimum atomic E-state index is -0.603. The highest BCUT2D eigenvalue weighted by molar-refractivity contribution is 5.44. The van der Waals surface area contributed by atoms with Crippen LogP contribution in [0.5, 0.6) is 0 Å². The number of hydrogen-bond acceptors (Lipinski definition) is 2. The van der Waals surface area contributed by atoms with Crippen molar-refractivity contribution in [2.45, 2.75) is 75.3 Å². The SMILES string of the molecule is CC1=C(C(C)(C)C)C(O)C(C(C)(C)C)(C(C)(C)C)C=C1O. The van der Waals surface area contributed by atoms with Crippen molar-refractivity contribution in [2.75, 3.05) is 0 Å². The topological polar surface area (TPSA) is 40.5 Å². The van der Waals surface area contributed by atoms with Gasteiger partial charge in [0.2, 0.25) is 0 Å². The van der Waals surface area contributed by atoms with Crippen molar-refractivity contribution in [3.8, 4) is 0 Å². The molecule has 0 aromatic carbocycles. The van der Waals surface area contributed by atoms with E-state index in [0.717, 1.165) is 11.1 Å². The van der Waals surface area contributed by atoms with Gasteiger partial charge in [-0.15, -0.1) is 0 Å². The molecule has 1 atom stereocenters. The van der Waals surface area contributed by atoms with Crippen LogP contribution in [0.1, 0.15) is 69.2 Å². The Morgan fingerprint density at radius 3 is 1.57 bits per heavy atom. The summed E-state index contributed by atoms with van der Waals surface area (Å²) in [5, 5.41) is 21.9. The van der Waals surface area contributed by atoms with Crippen LogP contribution < -0.4 is 0 Å². The third-order valence-electron chi connectivity index (χ3n) is 5.15. The molecule has 0 aliphatic heterocycles. The molecule has 2 heteroatoms. The second-order valence-corrected chi connectivity index (χ2v) is 9.59. The third kappa shape index (κ3) is 2.67. The molecule has 1 aliphatic carbocycles. The molecule has 21 heavy (non-hydrogen) atoms. The first-order chi connectivity index (χ1) is 9.07. The van der Waals surface area contributed by atoms with Crippen molar-refractivity contribution in [3.63, 3.8) is 0 Å². The van der Waals surface area contributed by atoms with Crippen LogP contribution in [0.2, 0.25) is 0 Å². The van der Waals surface area contributed by atoms with Gasteiger partial charge < -0.3 is 10.2 Å². The minimum absolute atomic E-state index is 0.185. The predicted octanol–water partition coefficient (Wildman–Crippen LogP) is 5.24. The van der Waals surface area contributed by atoms with Gasteiger partial charge in [-0.25, -0.2) is 0 Å². The summed E-state index contributed by atoms with van der Waals surface area (Å²) in [5.74, 6) is 0.315. The molecule has 0 amide bonds. The number of aliphatic hydroxyl groups excluding tert-OH is 2. The van der Waals surface area contributed by atoms with E-state index in [4.69, 9.17) is 0 Å².